The van der Waals surface area contributed by atoms with E-state index in [2.05, 4.69) is 18.7 Å². The first-order valence-electron chi connectivity index (χ1n) is 12.3. The van der Waals surface area contributed by atoms with Gasteiger partial charge >= 0.3 is 0 Å². The summed E-state index contributed by atoms with van der Waals surface area (Å²) in [5.41, 5.74) is 1.27. The maximum atomic E-state index is 13.1. The maximum absolute atomic E-state index is 13.1. The van der Waals surface area contributed by atoms with Crippen molar-refractivity contribution < 1.29 is 19.8 Å². The van der Waals surface area contributed by atoms with E-state index in [1.165, 1.54) is 12.1 Å². The van der Waals surface area contributed by atoms with Gasteiger partial charge in [0.1, 0.15) is 11.5 Å². The van der Waals surface area contributed by atoms with Gasteiger partial charge in [0.05, 0.1) is 11.6 Å². The molecule has 0 saturated carbocycles. The van der Waals surface area contributed by atoms with E-state index in [1.807, 2.05) is 6.07 Å². The third-order valence-electron chi connectivity index (χ3n) is 6.33. The van der Waals surface area contributed by atoms with Crippen LogP contribution in [0.4, 0.5) is 0 Å². The molecule has 1 atom stereocenters. The number of Topliss-reactive ketones (excluding diaryl/α,β-unsaturated/α-hetero) is 1. The van der Waals surface area contributed by atoms with Gasteiger partial charge in [-0.15, -0.1) is 0 Å². The molecule has 1 heterocycles. The number of carbonyl (C=O) groups is 2. The van der Waals surface area contributed by atoms with Gasteiger partial charge in [-0.1, -0.05) is 69.2 Å². The topological polar surface area (TPSA) is 81.1 Å². The summed E-state index contributed by atoms with van der Waals surface area (Å²) in [6.07, 6.45) is 5.28. The molecule has 2 aromatic carbocycles. The number of aromatic hydroxyl groups is 1. The van der Waals surface area contributed by atoms with E-state index >= 15 is 0 Å². The Morgan fingerprint density at radius 1 is 0.882 bits per heavy atom. The molecule has 182 valence electrons. The van der Waals surface area contributed by atoms with Crippen LogP contribution in [0.2, 0.25) is 0 Å². The molecule has 6 heteroatoms. The quantitative estimate of drug-likeness (QED) is 0.259. The summed E-state index contributed by atoms with van der Waals surface area (Å²) in [5.74, 6) is -1.34. The number of rotatable bonds is 12. The van der Waals surface area contributed by atoms with Crippen molar-refractivity contribution in [2.24, 2.45) is 0 Å². The molecule has 2 aromatic rings. The molecule has 6 nitrogen and oxygen atoms in total. The zero-order chi connectivity index (χ0) is 24.5. The van der Waals surface area contributed by atoms with Crippen molar-refractivity contribution in [2.45, 2.75) is 52.0 Å². The van der Waals surface area contributed by atoms with Gasteiger partial charge < -0.3 is 20.0 Å². The SMILES string of the molecule is CCCCN(CCCC)CCCN1C(=O)C(=O)/C(=C(\O)c2ccccc2)C1c1ccc(O)cc1. The number of benzene rings is 2. The number of amides is 1. The lowest BCUT2D eigenvalue weighted by Gasteiger charge is -2.27. The van der Waals surface area contributed by atoms with Crippen molar-refractivity contribution >= 4 is 17.4 Å². The smallest absolute Gasteiger partial charge is 0.295 e. The number of hydrogen-bond donors (Lipinski definition) is 2. The Kier molecular flexibility index (Phi) is 9.28. The van der Waals surface area contributed by atoms with Gasteiger partial charge in [0.25, 0.3) is 11.7 Å². The molecule has 0 spiro atoms. The van der Waals surface area contributed by atoms with Crippen LogP contribution in [0.25, 0.3) is 5.76 Å². The largest absolute Gasteiger partial charge is 0.508 e. The second kappa shape index (κ2) is 12.4. The van der Waals surface area contributed by atoms with Gasteiger partial charge in [0, 0.05) is 12.1 Å². The van der Waals surface area contributed by atoms with Crippen molar-refractivity contribution in [3.63, 3.8) is 0 Å². The first-order chi connectivity index (χ1) is 16.5. The highest BCUT2D eigenvalue weighted by Crippen LogP contribution is 2.39. The van der Waals surface area contributed by atoms with Crippen LogP contribution in [0.1, 0.15) is 63.1 Å². The van der Waals surface area contributed by atoms with E-state index in [4.69, 9.17) is 0 Å². The van der Waals surface area contributed by atoms with Crippen LogP contribution in [-0.2, 0) is 9.59 Å². The Hall–Kier alpha value is -3.12. The maximum Gasteiger partial charge on any atom is 0.295 e. The molecule has 34 heavy (non-hydrogen) atoms. The van der Waals surface area contributed by atoms with Crippen LogP contribution in [0.3, 0.4) is 0 Å². The normalized spacial score (nSPS) is 17.6. The third kappa shape index (κ3) is 6.06. The lowest BCUT2D eigenvalue weighted by molar-refractivity contribution is -0.140. The molecule has 1 amide bonds. The molecule has 1 aliphatic heterocycles. The van der Waals surface area contributed by atoms with Crippen LogP contribution in [0.15, 0.2) is 60.2 Å². The number of phenolic OH excluding ortho intramolecular Hbond substituents is 1. The molecule has 0 bridgehead atoms. The zero-order valence-electron chi connectivity index (χ0n) is 20.2. The summed E-state index contributed by atoms with van der Waals surface area (Å²) < 4.78 is 0. The van der Waals surface area contributed by atoms with Crippen LogP contribution >= 0.6 is 0 Å². The molecule has 0 aromatic heterocycles. The Morgan fingerprint density at radius 3 is 2.06 bits per heavy atom. The van der Waals surface area contributed by atoms with Gasteiger partial charge in [0.15, 0.2) is 0 Å². The van der Waals surface area contributed by atoms with Crippen molar-refractivity contribution in [1.29, 1.82) is 0 Å². The first kappa shape index (κ1) is 25.5. The fourth-order valence-electron chi connectivity index (χ4n) is 4.43. The third-order valence-corrected chi connectivity index (χ3v) is 6.33. The first-order valence-corrected chi connectivity index (χ1v) is 12.3. The van der Waals surface area contributed by atoms with Gasteiger partial charge in [0.2, 0.25) is 0 Å². The lowest BCUT2D eigenvalue weighted by Crippen LogP contribution is -2.34. The van der Waals surface area contributed by atoms with Crippen molar-refractivity contribution in [2.75, 3.05) is 26.2 Å². The van der Waals surface area contributed by atoms with Crippen LogP contribution in [-0.4, -0.2) is 57.9 Å². The monoisotopic (exact) mass is 464 g/mol. The fourth-order valence-corrected chi connectivity index (χ4v) is 4.43. The highest BCUT2D eigenvalue weighted by molar-refractivity contribution is 6.46. The van der Waals surface area contributed by atoms with E-state index in [0.29, 0.717) is 17.7 Å². The van der Waals surface area contributed by atoms with E-state index in [-0.39, 0.29) is 17.1 Å². The zero-order valence-corrected chi connectivity index (χ0v) is 20.2. The summed E-state index contributed by atoms with van der Waals surface area (Å²) in [6, 6.07) is 14.6. The van der Waals surface area contributed by atoms with Crippen molar-refractivity contribution in [3.05, 3.63) is 71.3 Å². The lowest BCUT2D eigenvalue weighted by atomic mass is 9.95. The van der Waals surface area contributed by atoms with E-state index in [1.54, 1.807) is 41.3 Å². The highest BCUT2D eigenvalue weighted by atomic mass is 16.3. The molecular formula is C28H36N2O4. The highest BCUT2D eigenvalue weighted by Gasteiger charge is 2.45. The number of carbonyl (C=O) groups excluding carboxylic acids is 2. The summed E-state index contributed by atoms with van der Waals surface area (Å²) in [5, 5.41) is 20.8. The molecule has 0 radical (unpaired) electrons. The minimum Gasteiger partial charge on any atom is -0.508 e. The molecule has 1 aliphatic rings. The second-order valence-corrected chi connectivity index (χ2v) is 8.85. The Labute approximate surface area is 202 Å². The number of nitrogens with zero attached hydrogens (tertiary/aromatic N) is 2. The summed E-state index contributed by atoms with van der Waals surface area (Å²) >= 11 is 0. The van der Waals surface area contributed by atoms with Crippen molar-refractivity contribution in [1.82, 2.24) is 9.80 Å². The molecular weight excluding hydrogens is 428 g/mol. The Morgan fingerprint density at radius 2 is 1.47 bits per heavy atom. The fraction of sp³-hybridized carbons (Fsp3) is 0.429. The van der Waals surface area contributed by atoms with Crippen LogP contribution < -0.4 is 0 Å². The van der Waals surface area contributed by atoms with Gasteiger partial charge in [-0.3, -0.25) is 9.59 Å². The van der Waals surface area contributed by atoms with Crippen LogP contribution in [0.5, 0.6) is 5.75 Å². The van der Waals surface area contributed by atoms with Crippen LogP contribution in [0, 0.1) is 0 Å². The van der Waals surface area contributed by atoms with E-state index < -0.39 is 17.7 Å². The molecule has 0 aliphatic carbocycles. The number of unbranched alkanes of at least 4 members (excludes halogenated alkanes) is 2. The molecule has 3 rings (SSSR count). The number of hydrogen-bond acceptors (Lipinski definition) is 5. The minimum atomic E-state index is -0.694. The number of ketones is 1. The van der Waals surface area contributed by atoms with E-state index in [9.17, 15) is 19.8 Å². The summed E-state index contributed by atoms with van der Waals surface area (Å²) in [4.78, 5) is 30.2. The van der Waals surface area contributed by atoms with Crippen molar-refractivity contribution in [3.8, 4) is 5.75 Å². The predicted octanol–water partition coefficient (Wildman–Crippen LogP) is 5.11. The van der Waals surface area contributed by atoms with Gasteiger partial charge in [-0.2, -0.15) is 0 Å². The number of aliphatic hydroxyl groups is 1. The van der Waals surface area contributed by atoms with Gasteiger partial charge in [-0.05, 0) is 56.6 Å². The van der Waals surface area contributed by atoms with E-state index in [0.717, 1.165) is 51.7 Å². The number of aliphatic hydroxyl groups excluding tert-OH is 1. The minimum absolute atomic E-state index is 0.0933. The van der Waals surface area contributed by atoms with Gasteiger partial charge in [-0.25, -0.2) is 0 Å². The predicted molar refractivity (Wildman–Crippen MR) is 134 cm³/mol. The standard InChI is InChI=1S/C28H36N2O4/c1-3-5-17-29(18-6-4-2)19-10-20-30-25(21-13-15-23(31)16-14-21)24(27(33)28(30)34)26(32)22-11-8-7-9-12-22/h7-9,11-16,25,31-32H,3-6,10,17-20H2,1-2H3/b26-24-. The molecule has 2 N–H and O–H groups in total. The molecule has 1 fully saturated rings. The Bertz CT molecular complexity index is 977. The average molecular weight is 465 g/mol. The molecule has 1 saturated heterocycles. The average Bonchev–Trinajstić information content (AvgIpc) is 3.11. The Balaban J connectivity index is 1.88. The number of phenols is 1. The number of likely N-dealkylation sites (tertiary alicyclic amines) is 1. The second-order valence-electron chi connectivity index (χ2n) is 8.85. The molecule has 1 unspecified atom stereocenters. The summed E-state index contributed by atoms with van der Waals surface area (Å²) in [6.45, 7) is 7.69. The summed E-state index contributed by atoms with van der Waals surface area (Å²) in [7, 11) is 0.